The fourth-order valence-corrected chi connectivity index (χ4v) is 2.77. The first-order valence-electron chi connectivity index (χ1n) is 6.36. The van der Waals surface area contributed by atoms with Crippen molar-refractivity contribution in [2.75, 3.05) is 6.54 Å². The minimum Gasteiger partial charge on any atom is -0.211 e. The van der Waals surface area contributed by atoms with Crippen LogP contribution in [-0.2, 0) is 10.0 Å². The molecule has 18 heavy (non-hydrogen) atoms. The smallest absolute Gasteiger partial charge is 0.211 e. The van der Waals surface area contributed by atoms with E-state index in [1.54, 1.807) is 24.3 Å². The SMILES string of the molecule is CC(C)(C)CCCCNS(=O)(=O)c1ccccc1. The van der Waals surface area contributed by atoms with Gasteiger partial charge in [-0.05, 0) is 30.4 Å². The van der Waals surface area contributed by atoms with Crippen LogP contribution in [0.4, 0.5) is 0 Å². The molecule has 1 N–H and O–H groups in total. The second kappa shape index (κ2) is 6.34. The molecule has 0 aliphatic carbocycles. The molecule has 0 aromatic heterocycles. The van der Waals surface area contributed by atoms with Crippen molar-refractivity contribution >= 4 is 10.0 Å². The first-order chi connectivity index (χ1) is 8.31. The van der Waals surface area contributed by atoms with Crippen molar-refractivity contribution in [1.82, 2.24) is 4.72 Å². The zero-order chi connectivity index (χ0) is 13.6. The molecule has 1 rings (SSSR count). The van der Waals surface area contributed by atoms with Crippen molar-refractivity contribution in [3.8, 4) is 0 Å². The summed E-state index contributed by atoms with van der Waals surface area (Å²) in [6, 6.07) is 8.49. The summed E-state index contributed by atoms with van der Waals surface area (Å²) >= 11 is 0. The molecule has 4 heteroatoms. The lowest BCUT2D eigenvalue weighted by Gasteiger charge is -2.17. The fraction of sp³-hybridized carbons (Fsp3) is 0.571. The van der Waals surface area contributed by atoms with E-state index in [0.717, 1.165) is 19.3 Å². The maximum Gasteiger partial charge on any atom is 0.240 e. The molecular formula is C14H23NO2S. The molecule has 0 heterocycles. The third-order valence-corrected chi connectivity index (χ3v) is 4.18. The molecule has 0 saturated heterocycles. The van der Waals surface area contributed by atoms with Crippen molar-refractivity contribution in [3.05, 3.63) is 30.3 Å². The summed E-state index contributed by atoms with van der Waals surface area (Å²) in [5.74, 6) is 0. The van der Waals surface area contributed by atoms with Crippen LogP contribution in [0, 0.1) is 5.41 Å². The van der Waals surface area contributed by atoms with Crippen LogP contribution >= 0.6 is 0 Å². The van der Waals surface area contributed by atoms with Gasteiger partial charge in [0.2, 0.25) is 10.0 Å². The zero-order valence-electron chi connectivity index (χ0n) is 11.4. The van der Waals surface area contributed by atoms with Crippen molar-refractivity contribution < 1.29 is 8.42 Å². The highest BCUT2D eigenvalue weighted by Gasteiger charge is 2.13. The first-order valence-corrected chi connectivity index (χ1v) is 7.84. The summed E-state index contributed by atoms with van der Waals surface area (Å²) in [6.07, 6.45) is 3.03. The summed E-state index contributed by atoms with van der Waals surface area (Å²) in [6.45, 7) is 7.09. The predicted molar refractivity (Wildman–Crippen MR) is 74.9 cm³/mol. The van der Waals surface area contributed by atoms with E-state index in [2.05, 4.69) is 25.5 Å². The van der Waals surface area contributed by atoms with Crippen molar-refractivity contribution in [2.24, 2.45) is 5.41 Å². The first kappa shape index (κ1) is 15.2. The minimum atomic E-state index is -3.33. The van der Waals surface area contributed by atoms with Gasteiger partial charge >= 0.3 is 0 Å². The second-order valence-electron chi connectivity index (χ2n) is 5.73. The van der Waals surface area contributed by atoms with Crippen LogP contribution in [0.5, 0.6) is 0 Å². The van der Waals surface area contributed by atoms with Crippen LogP contribution in [0.15, 0.2) is 35.2 Å². The Kier molecular flexibility index (Phi) is 5.35. The molecule has 3 nitrogen and oxygen atoms in total. The summed E-state index contributed by atoms with van der Waals surface area (Å²) in [5, 5.41) is 0. The number of rotatable bonds is 6. The lowest BCUT2D eigenvalue weighted by atomic mass is 9.90. The Morgan fingerprint density at radius 3 is 2.22 bits per heavy atom. The van der Waals surface area contributed by atoms with Gasteiger partial charge in [-0.2, -0.15) is 0 Å². The van der Waals surface area contributed by atoms with Gasteiger partial charge in [0.25, 0.3) is 0 Å². The van der Waals surface area contributed by atoms with E-state index in [-0.39, 0.29) is 0 Å². The van der Waals surface area contributed by atoms with E-state index < -0.39 is 10.0 Å². The lowest BCUT2D eigenvalue weighted by Crippen LogP contribution is -2.24. The molecule has 0 unspecified atom stereocenters. The van der Waals surface area contributed by atoms with Gasteiger partial charge in [0.1, 0.15) is 0 Å². The van der Waals surface area contributed by atoms with E-state index >= 15 is 0 Å². The van der Waals surface area contributed by atoms with Gasteiger partial charge < -0.3 is 0 Å². The van der Waals surface area contributed by atoms with Gasteiger partial charge in [-0.15, -0.1) is 0 Å². The highest BCUT2D eigenvalue weighted by atomic mass is 32.2. The average Bonchev–Trinajstić information content (AvgIpc) is 2.28. The summed E-state index contributed by atoms with van der Waals surface area (Å²) in [5.41, 5.74) is 0.318. The Labute approximate surface area is 111 Å². The quantitative estimate of drug-likeness (QED) is 0.806. The Morgan fingerprint density at radius 1 is 1.06 bits per heavy atom. The standard InChI is InChI=1S/C14H23NO2S/c1-14(2,3)11-7-8-12-15-18(16,17)13-9-5-4-6-10-13/h4-6,9-10,15H,7-8,11-12H2,1-3H3. The van der Waals surface area contributed by atoms with Gasteiger partial charge in [-0.25, -0.2) is 13.1 Å². The maximum absolute atomic E-state index is 11.9. The molecule has 0 bridgehead atoms. The highest BCUT2D eigenvalue weighted by molar-refractivity contribution is 7.89. The molecule has 0 spiro atoms. The number of hydrogen-bond donors (Lipinski definition) is 1. The second-order valence-corrected chi connectivity index (χ2v) is 7.50. The third kappa shape index (κ3) is 5.65. The summed E-state index contributed by atoms with van der Waals surface area (Å²) < 4.78 is 26.4. The molecular weight excluding hydrogens is 246 g/mol. The molecule has 1 aromatic rings. The number of hydrogen-bond acceptors (Lipinski definition) is 2. The van der Waals surface area contributed by atoms with E-state index in [4.69, 9.17) is 0 Å². The summed E-state index contributed by atoms with van der Waals surface area (Å²) in [7, 11) is -3.33. The number of unbranched alkanes of at least 4 members (excludes halogenated alkanes) is 1. The average molecular weight is 269 g/mol. The maximum atomic E-state index is 11.9. The predicted octanol–water partition coefficient (Wildman–Crippen LogP) is 3.18. The van der Waals surface area contributed by atoms with E-state index in [9.17, 15) is 8.42 Å². The van der Waals surface area contributed by atoms with Crippen molar-refractivity contribution in [1.29, 1.82) is 0 Å². The fourth-order valence-electron chi connectivity index (χ4n) is 1.67. The van der Waals surface area contributed by atoms with Gasteiger partial charge in [0.15, 0.2) is 0 Å². The lowest BCUT2D eigenvalue weighted by molar-refractivity contribution is 0.360. The Balaban J connectivity index is 2.36. The monoisotopic (exact) mass is 269 g/mol. The van der Waals surface area contributed by atoms with E-state index in [1.165, 1.54) is 0 Å². The normalized spacial score (nSPS) is 12.6. The Hall–Kier alpha value is -0.870. The molecule has 0 amide bonds. The molecule has 0 aliphatic rings. The minimum absolute atomic E-state index is 0.318. The molecule has 0 radical (unpaired) electrons. The van der Waals surface area contributed by atoms with Crippen LogP contribution in [0.3, 0.4) is 0 Å². The van der Waals surface area contributed by atoms with Crippen LogP contribution in [-0.4, -0.2) is 15.0 Å². The Morgan fingerprint density at radius 2 is 1.67 bits per heavy atom. The van der Waals surface area contributed by atoms with E-state index in [1.807, 2.05) is 6.07 Å². The van der Waals surface area contributed by atoms with Crippen LogP contribution < -0.4 is 4.72 Å². The third-order valence-electron chi connectivity index (χ3n) is 2.70. The van der Waals surface area contributed by atoms with Gasteiger partial charge in [0, 0.05) is 6.54 Å². The Bertz CT molecular complexity index is 446. The molecule has 0 fully saturated rings. The largest absolute Gasteiger partial charge is 0.240 e. The number of sulfonamides is 1. The topological polar surface area (TPSA) is 46.2 Å². The molecule has 0 atom stereocenters. The number of nitrogens with one attached hydrogen (secondary N) is 1. The van der Waals surface area contributed by atoms with Crippen molar-refractivity contribution in [3.63, 3.8) is 0 Å². The summed E-state index contributed by atoms with van der Waals surface area (Å²) in [4.78, 5) is 0.334. The van der Waals surface area contributed by atoms with Gasteiger partial charge in [0.05, 0.1) is 4.90 Å². The molecule has 102 valence electrons. The molecule has 0 saturated carbocycles. The highest BCUT2D eigenvalue weighted by Crippen LogP contribution is 2.21. The van der Waals surface area contributed by atoms with Crippen molar-refractivity contribution in [2.45, 2.75) is 44.9 Å². The zero-order valence-corrected chi connectivity index (χ0v) is 12.3. The number of benzene rings is 1. The molecule has 0 aliphatic heterocycles. The van der Waals surface area contributed by atoms with Crippen LogP contribution in [0.2, 0.25) is 0 Å². The van der Waals surface area contributed by atoms with Crippen LogP contribution in [0.25, 0.3) is 0 Å². The van der Waals surface area contributed by atoms with Crippen LogP contribution in [0.1, 0.15) is 40.0 Å². The van der Waals surface area contributed by atoms with Gasteiger partial charge in [-0.3, -0.25) is 0 Å². The molecule has 1 aromatic carbocycles. The van der Waals surface area contributed by atoms with Gasteiger partial charge in [-0.1, -0.05) is 45.4 Å². The van der Waals surface area contributed by atoms with E-state index in [0.29, 0.717) is 16.9 Å².